The summed E-state index contributed by atoms with van der Waals surface area (Å²) in [5.74, 6) is 3.65. The van der Waals surface area contributed by atoms with Gasteiger partial charge in [0.25, 0.3) is 0 Å². The Morgan fingerprint density at radius 3 is 2.13 bits per heavy atom. The zero-order valence-electron chi connectivity index (χ0n) is 20.2. The number of fused-ring (bicyclic) bond motifs is 5. The quantitative estimate of drug-likeness (QED) is 0.557. The summed E-state index contributed by atoms with van der Waals surface area (Å²) in [6.45, 7) is 12.0. The highest BCUT2D eigenvalue weighted by Gasteiger charge is 2.65. The highest BCUT2D eigenvalue weighted by Crippen LogP contribution is 2.68. The van der Waals surface area contributed by atoms with Gasteiger partial charge in [-0.25, -0.2) is 0 Å². The van der Waals surface area contributed by atoms with Crippen molar-refractivity contribution < 1.29 is 15.3 Å². The van der Waals surface area contributed by atoms with Crippen molar-refractivity contribution in [3.05, 3.63) is 0 Å². The van der Waals surface area contributed by atoms with E-state index in [0.29, 0.717) is 23.7 Å². The SMILES string of the molecule is CC(C)CCCC(C)C1CCC2C3C(O)[C@H](O)C4C[C@@H](O)CC[C@]4(C)C3CC[C@]12C. The molecule has 0 spiro atoms. The van der Waals surface area contributed by atoms with E-state index in [1.807, 2.05) is 0 Å². The molecular formula is C27H48O3. The lowest BCUT2D eigenvalue weighted by Gasteiger charge is -2.63. The lowest BCUT2D eigenvalue weighted by atomic mass is 9.43. The maximum absolute atomic E-state index is 11.4. The van der Waals surface area contributed by atoms with E-state index in [1.165, 1.54) is 44.9 Å². The topological polar surface area (TPSA) is 60.7 Å². The second-order valence-corrected chi connectivity index (χ2v) is 12.8. The van der Waals surface area contributed by atoms with Crippen LogP contribution in [0.5, 0.6) is 0 Å². The third kappa shape index (κ3) is 3.59. The molecule has 0 bridgehead atoms. The van der Waals surface area contributed by atoms with E-state index >= 15 is 0 Å². The van der Waals surface area contributed by atoms with Crippen LogP contribution >= 0.6 is 0 Å². The van der Waals surface area contributed by atoms with Gasteiger partial charge in [-0.2, -0.15) is 0 Å². The lowest BCUT2D eigenvalue weighted by Crippen LogP contribution is -2.64. The second-order valence-electron chi connectivity index (χ2n) is 12.8. The molecule has 0 heterocycles. The third-order valence-electron chi connectivity index (χ3n) is 10.9. The minimum Gasteiger partial charge on any atom is -0.393 e. The minimum absolute atomic E-state index is 0.0500. The van der Waals surface area contributed by atoms with Crippen LogP contribution in [0.2, 0.25) is 0 Å². The fourth-order valence-electron chi connectivity index (χ4n) is 9.26. The number of rotatable bonds is 5. The molecule has 30 heavy (non-hydrogen) atoms. The van der Waals surface area contributed by atoms with E-state index in [-0.39, 0.29) is 23.4 Å². The van der Waals surface area contributed by atoms with E-state index < -0.39 is 12.2 Å². The molecule has 0 amide bonds. The normalized spacial score (nSPS) is 51.9. The van der Waals surface area contributed by atoms with Gasteiger partial charge in [-0.3, -0.25) is 0 Å². The van der Waals surface area contributed by atoms with Crippen LogP contribution in [0.3, 0.4) is 0 Å². The van der Waals surface area contributed by atoms with Crippen LogP contribution in [-0.4, -0.2) is 33.6 Å². The first-order chi connectivity index (χ1) is 14.1. The third-order valence-corrected chi connectivity index (χ3v) is 10.9. The Kier molecular flexibility index (Phi) is 6.41. The Morgan fingerprint density at radius 1 is 0.767 bits per heavy atom. The second kappa shape index (κ2) is 8.34. The average Bonchev–Trinajstić information content (AvgIpc) is 3.04. The lowest BCUT2D eigenvalue weighted by molar-refractivity contribution is -0.223. The molecule has 7 unspecified atom stereocenters. The van der Waals surface area contributed by atoms with Crippen molar-refractivity contribution in [2.75, 3.05) is 0 Å². The first-order valence-electron chi connectivity index (χ1n) is 13.1. The molecule has 0 saturated heterocycles. The van der Waals surface area contributed by atoms with Crippen molar-refractivity contribution in [1.82, 2.24) is 0 Å². The van der Waals surface area contributed by atoms with Gasteiger partial charge in [0.05, 0.1) is 18.3 Å². The maximum atomic E-state index is 11.4. The summed E-state index contributed by atoms with van der Waals surface area (Å²) in [6, 6.07) is 0. The Labute approximate surface area is 185 Å². The van der Waals surface area contributed by atoms with Crippen molar-refractivity contribution in [2.24, 2.45) is 52.3 Å². The van der Waals surface area contributed by atoms with Gasteiger partial charge in [-0.1, -0.05) is 53.9 Å². The first-order valence-corrected chi connectivity index (χ1v) is 13.1. The molecule has 0 aromatic rings. The van der Waals surface area contributed by atoms with Gasteiger partial charge >= 0.3 is 0 Å². The van der Waals surface area contributed by atoms with Crippen LogP contribution in [0.4, 0.5) is 0 Å². The van der Waals surface area contributed by atoms with Gasteiger partial charge in [0, 0.05) is 0 Å². The van der Waals surface area contributed by atoms with Crippen LogP contribution < -0.4 is 0 Å². The van der Waals surface area contributed by atoms with E-state index in [9.17, 15) is 15.3 Å². The molecule has 4 aliphatic rings. The summed E-state index contributed by atoms with van der Waals surface area (Å²) in [6.07, 6.45) is 9.94. The maximum Gasteiger partial charge on any atom is 0.0836 e. The van der Waals surface area contributed by atoms with Crippen molar-refractivity contribution in [1.29, 1.82) is 0 Å². The molecule has 0 aliphatic heterocycles. The zero-order valence-corrected chi connectivity index (χ0v) is 20.2. The number of aliphatic hydroxyl groups excluding tert-OH is 3. The molecule has 0 aromatic heterocycles. The molecular weight excluding hydrogens is 372 g/mol. The van der Waals surface area contributed by atoms with E-state index in [2.05, 4.69) is 34.6 Å². The number of hydrogen-bond donors (Lipinski definition) is 3. The molecule has 3 N–H and O–H groups in total. The van der Waals surface area contributed by atoms with Crippen LogP contribution in [-0.2, 0) is 0 Å². The van der Waals surface area contributed by atoms with Gasteiger partial charge in [0.15, 0.2) is 0 Å². The molecule has 11 atom stereocenters. The average molecular weight is 421 g/mol. The van der Waals surface area contributed by atoms with Crippen LogP contribution in [0, 0.1) is 52.3 Å². The van der Waals surface area contributed by atoms with E-state index in [1.54, 1.807) is 0 Å². The van der Waals surface area contributed by atoms with Gasteiger partial charge in [0.1, 0.15) is 0 Å². The predicted molar refractivity (Wildman–Crippen MR) is 122 cm³/mol. The summed E-state index contributed by atoms with van der Waals surface area (Å²) in [5, 5.41) is 32.8. The molecule has 174 valence electrons. The summed E-state index contributed by atoms with van der Waals surface area (Å²) in [5.41, 5.74) is 0.390. The Morgan fingerprint density at radius 2 is 1.43 bits per heavy atom. The van der Waals surface area contributed by atoms with Gasteiger partial charge in [-0.05, 0) is 97.2 Å². The number of aliphatic hydroxyl groups is 3. The predicted octanol–water partition coefficient (Wildman–Crippen LogP) is 5.41. The largest absolute Gasteiger partial charge is 0.393 e. The molecule has 4 aliphatic carbocycles. The van der Waals surface area contributed by atoms with Crippen LogP contribution in [0.15, 0.2) is 0 Å². The van der Waals surface area contributed by atoms with Crippen molar-refractivity contribution in [2.45, 2.75) is 117 Å². The van der Waals surface area contributed by atoms with Crippen molar-refractivity contribution >= 4 is 0 Å². The minimum atomic E-state index is -0.670. The van der Waals surface area contributed by atoms with Crippen LogP contribution in [0.25, 0.3) is 0 Å². The molecule has 0 radical (unpaired) electrons. The van der Waals surface area contributed by atoms with Gasteiger partial charge < -0.3 is 15.3 Å². The van der Waals surface area contributed by atoms with E-state index in [4.69, 9.17) is 0 Å². The number of hydrogen-bond acceptors (Lipinski definition) is 3. The highest BCUT2D eigenvalue weighted by molar-refractivity contribution is 5.14. The zero-order chi connectivity index (χ0) is 21.8. The molecule has 3 heteroatoms. The Balaban J connectivity index is 1.54. The molecule has 3 nitrogen and oxygen atoms in total. The monoisotopic (exact) mass is 420 g/mol. The molecule has 4 saturated carbocycles. The van der Waals surface area contributed by atoms with Crippen LogP contribution in [0.1, 0.15) is 98.8 Å². The summed E-state index contributed by atoms with van der Waals surface area (Å²) in [7, 11) is 0. The molecule has 4 rings (SSSR count). The van der Waals surface area contributed by atoms with Gasteiger partial charge in [-0.15, -0.1) is 0 Å². The van der Waals surface area contributed by atoms with E-state index in [0.717, 1.165) is 30.6 Å². The summed E-state index contributed by atoms with van der Waals surface area (Å²) >= 11 is 0. The molecule has 4 fully saturated rings. The molecule has 0 aromatic carbocycles. The van der Waals surface area contributed by atoms with Crippen molar-refractivity contribution in [3.63, 3.8) is 0 Å². The summed E-state index contributed by atoms with van der Waals surface area (Å²) < 4.78 is 0. The Hall–Kier alpha value is -0.120. The fourth-order valence-corrected chi connectivity index (χ4v) is 9.26. The smallest absolute Gasteiger partial charge is 0.0836 e. The van der Waals surface area contributed by atoms with Crippen molar-refractivity contribution in [3.8, 4) is 0 Å². The summed E-state index contributed by atoms with van der Waals surface area (Å²) in [4.78, 5) is 0. The van der Waals surface area contributed by atoms with Gasteiger partial charge in [0.2, 0.25) is 0 Å². The fraction of sp³-hybridized carbons (Fsp3) is 1.00. The highest BCUT2D eigenvalue weighted by atomic mass is 16.3. The standard InChI is InChI=1S/C27H48O3/c1-16(2)7-6-8-17(3)19-9-10-20-23-21(12-14-26(19,20)4)27(5)13-11-18(28)15-22(27)24(29)25(23)30/h16-25,28-30H,6-15H2,1-5H3/t17?,18-,19?,20?,21?,22?,23?,24+,25?,26+,27+/m0/s1. The first kappa shape index (κ1) is 23.1. The Bertz CT molecular complexity index is 605.